The molecule has 0 aliphatic carbocycles. The molecule has 1 aromatic heterocycles. The number of hydrogen-bond acceptors (Lipinski definition) is 1. The summed E-state index contributed by atoms with van der Waals surface area (Å²) in [6.45, 7) is 0. The quantitative estimate of drug-likeness (QED) is 0.571. The fourth-order valence-corrected chi connectivity index (χ4v) is 2.72. The Bertz CT molecular complexity index is 846. The van der Waals surface area contributed by atoms with Gasteiger partial charge in [-0.2, -0.15) is 0 Å². The maximum Gasteiger partial charge on any atom is 0.185 e. The van der Waals surface area contributed by atoms with E-state index in [4.69, 9.17) is 34.8 Å². The number of fused-ring (bicyclic) bond motifs is 1. The van der Waals surface area contributed by atoms with Crippen molar-refractivity contribution < 1.29 is 8.78 Å². The monoisotopic (exact) mass is 346 g/mol. The molecule has 0 aliphatic rings. The highest BCUT2D eigenvalue weighted by Gasteiger charge is 2.20. The van der Waals surface area contributed by atoms with Gasteiger partial charge in [-0.25, -0.2) is 13.8 Å². The van der Waals surface area contributed by atoms with Crippen molar-refractivity contribution in [2.75, 3.05) is 0 Å². The van der Waals surface area contributed by atoms with Crippen LogP contribution in [0.5, 0.6) is 0 Å². The number of aromatic nitrogens is 2. The number of nitrogens with zero attached hydrogens (tertiary/aromatic N) is 2. The van der Waals surface area contributed by atoms with Gasteiger partial charge in [0.1, 0.15) is 11.3 Å². The molecule has 0 fully saturated rings. The topological polar surface area (TPSA) is 17.8 Å². The Morgan fingerprint density at radius 3 is 2.57 bits per heavy atom. The Balaban J connectivity index is 2.45. The van der Waals surface area contributed by atoms with E-state index in [1.807, 2.05) is 0 Å². The Morgan fingerprint density at radius 1 is 1.10 bits per heavy atom. The minimum Gasteiger partial charge on any atom is -0.291 e. The maximum atomic E-state index is 14.2. The molecule has 2 aromatic carbocycles. The van der Waals surface area contributed by atoms with Gasteiger partial charge in [0, 0.05) is 0 Å². The van der Waals surface area contributed by atoms with Crippen molar-refractivity contribution in [1.82, 2.24) is 9.55 Å². The molecule has 0 amide bonds. The molecule has 0 radical (unpaired) electrons. The minimum absolute atomic E-state index is 0.0125. The van der Waals surface area contributed by atoms with Gasteiger partial charge in [-0.05, 0) is 24.3 Å². The van der Waals surface area contributed by atoms with Crippen molar-refractivity contribution in [3.63, 3.8) is 0 Å². The van der Waals surface area contributed by atoms with Crippen molar-refractivity contribution in [2.24, 2.45) is 0 Å². The molecule has 0 N–H and O–H groups in total. The summed E-state index contributed by atoms with van der Waals surface area (Å²) in [7, 11) is 0. The zero-order valence-corrected chi connectivity index (χ0v) is 12.6. The molecule has 21 heavy (non-hydrogen) atoms. The lowest BCUT2D eigenvalue weighted by Gasteiger charge is -2.11. The van der Waals surface area contributed by atoms with Crippen LogP contribution in [0.15, 0.2) is 30.3 Å². The lowest BCUT2D eigenvalue weighted by Crippen LogP contribution is -2.02. The summed E-state index contributed by atoms with van der Waals surface area (Å²) in [6.07, 6.45) is 0. The first kappa shape index (κ1) is 14.6. The van der Waals surface area contributed by atoms with Crippen molar-refractivity contribution in [1.29, 1.82) is 0 Å². The van der Waals surface area contributed by atoms with Gasteiger partial charge in [-0.1, -0.05) is 29.3 Å². The summed E-state index contributed by atoms with van der Waals surface area (Å²) in [5.74, 6) is -1.62. The van der Waals surface area contributed by atoms with Gasteiger partial charge in [0.15, 0.2) is 11.6 Å². The number of imidazole rings is 1. The van der Waals surface area contributed by atoms with Crippen molar-refractivity contribution >= 4 is 45.8 Å². The number of halogens is 5. The van der Waals surface area contributed by atoms with Crippen LogP contribution in [0.4, 0.5) is 8.78 Å². The smallest absolute Gasteiger partial charge is 0.185 e. The van der Waals surface area contributed by atoms with E-state index < -0.39 is 11.6 Å². The second-order valence-corrected chi connectivity index (χ2v) is 5.35. The fourth-order valence-electron chi connectivity index (χ4n) is 2.17. The standard InChI is InChI=1S/C14H7Cl3F2N2/c15-6-11-20-9-5-4-8(18)13(19)14(9)21(11)10-3-1-2-7(16)12(10)17/h1-5H,6H2. The molecule has 1 heterocycles. The van der Waals surface area contributed by atoms with Crippen LogP contribution in [-0.2, 0) is 5.88 Å². The van der Waals surface area contributed by atoms with Crippen molar-refractivity contribution in [3.8, 4) is 5.69 Å². The molecule has 0 saturated heterocycles. The molecule has 0 aliphatic heterocycles. The van der Waals surface area contributed by atoms with Gasteiger partial charge in [0.2, 0.25) is 0 Å². The molecule has 108 valence electrons. The SMILES string of the molecule is Fc1ccc2nc(CCl)n(-c3cccc(Cl)c3Cl)c2c1F. The summed E-state index contributed by atoms with van der Waals surface area (Å²) in [5.41, 5.74) is 0.669. The van der Waals surface area contributed by atoms with E-state index >= 15 is 0 Å². The molecular formula is C14H7Cl3F2N2. The third kappa shape index (κ3) is 2.27. The van der Waals surface area contributed by atoms with Gasteiger partial charge in [-0.3, -0.25) is 4.57 Å². The van der Waals surface area contributed by atoms with Crippen LogP contribution in [0, 0.1) is 11.6 Å². The Morgan fingerprint density at radius 2 is 1.86 bits per heavy atom. The average molecular weight is 348 g/mol. The fraction of sp³-hybridized carbons (Fsp3) is 0.0714. The highest BCUT2D eigenvalue weighted by Crippen LogP contribution is 2.33. The summed E-state index contributed by atoms with van der Waals surface area (Å²) in [4.78, 5) is 4.20. The van der Waals surface area contributed by atoms with Crippen LogP contribution in [0.25, 0.3) is 16.7 Å². The molecule has 0 saturated carbocycles. The van der Waals surface area contributed by atoms with Crippen molar-refractivity contribution in [2.45, 2.75) is 5.88 Å². The van der Waals surface area contributed by atoms with Crippen LogP contribution < -0.4 is 0 Å². The second-order valence-electron chi connectivity index (χ2n) is 4.30. The van der Waals surface area contributed by atoms with E-state index in [1.165, 1.54) is 10.6 Å². The van der Waals surface area contributed by atoms with Crippen LogP contribution in [0.2, 0.25) is 10.0 Å². The lowest BCUT2D eigenvalue weighted by molar-refractivity contribution is 0.514. The third-order valence-corrected chi connectivity index (χ3v) is 4.12. The molecule has 0 unspecified atom stereocenters. The molecule has 2 nitrogen and oxygen atoms in total. The summed E-state index contributed by atoms with van der Waals surface area (Å²) in [5, 5.41) is 0.516. The summed E-state index contributed by atoms with van der Waals surface area (Å²) >= 11 is 18.0. The number of hydrogen-bond donors (Lipinski definition) is 0. The summed E-state index contributed by atoms with van der Waals surface area (Å²) in [6, 6.07) is 7.30. The molecule has 7 heteroatoms. The molecule has 3 rings (SSSR count). The largest absolute Gasteiger partial charge is 0.291 e. The Labute approximate surface area is 133 Å². The molecule has 0 atom stereocenters. The number of alkyl halides is 1. The lowest BCUT2D eigenvalue weighted by atomic mass is 10.2. The number of rotatable bonds is 2. The van der Waals surface area contributed by atoms with Gasteiger partial charge in [0.05, 0.1) is 27.1 Å². The average Bonchev–Trinajstić information content (AvgIpc) is 2.85. The van der Waals surface area contributed by atoms with Gasteiger partial charge in [-0.15, -0.1) is 11.6 Å². The van der Waals surface area contributed by atoms with Crippen molar-refractivity contribution in [3.05, 3.63) is 57.8 Å². The zero-order valence-electron chi connectivity index (χ0n) is 10.4. The van der Waals surface area contributed by atoms with Gasteiger partial charge >= 0.3 is 0 Å². The molecule has 3 aromatic rings. The molecule has 0 spiro atoms. The minimum atomic E-state index is -1.01. The molecule has 0 bridgehead atoms. The highest BCUT2D eigenvalue weighted by atomic mass is 35.5. The Hall–Kier alpha value is -1.36. The first-order valence-electron chi connectivity index (χ1n) is 5.90. The molecular weight excluding hydrogens is 341 g/mol. The predicted octanol–water partition coefficient (Wildman–Crippen LogP) is 5.35. The predicted molar refractivity (Wildman–Crippen MR) is 80.6 cm³/mol. The van der Waals surface area contributed by atoms with E-state index in [2.05, 4.69) is 4.98 Å². The van der Waals surface area contributed by atoms with E-state index in [-0.39, 0.29) is 16.4 Å². The van der Waals surface area contributed by atoms with Crippen LogP contribution in [0.3, 0.4) is 0 Å². The van der Waals surface area contributed by atoms with Crippen LogP contribution in [-0.4, -0.2) is 9.55 Å². The van der Waals surface area contributed by atoms with Crippen LogP contribution >= 0.6 is 34.8 Å². The highest BCUT2D eigenvalue weighted by molar-refractivity contribution is 6.43. The maximum absolute atomic E-state index is 14.2. The van der Waals surface area contributed by atoms with Gasteiger partial charge < -0.3 is 0 Å². The second kappa shape index (κ2) is 5.44. The normalized spacial score (nSPS) is 11.3. The van der Waals surface area contributed by atoms with Crippen LogP contribution in [0.1, 0.15) is 5.82 Å². The Kier molecular flexibility index (Phi) is 3.78. The van der Waals surface area contributed by atoms with Gasteiger partial charge in [0.25, 0.3) is 0 Å². The first-order chi connectivity index (χ1) is 10.0. The van der Waals surface area contributed by atoms with E-state index in [9.17, 15) is 8.78 Å². The number of benzene rings is 2. The van der Waals surface area contributed by atoms with E-state index in [1.54, 1.807) is 18.2 Å². The van der Waals surface area contributed by atoms with E-state index in [0.717, 1.165) is 6.07 Å². The first-order valence-corrected chi connectivity index (χ1v) is 7.19. The zero-order chi connectivity index (χ0) is 15.1. The summed E-state index contributed by atoms with van der Waals surface area (Å²) < 4.78 is 29.1. The van der Waals surface area contributed by atoms with E-state index in [0.29, 0.717) is 22.1 Å². The third-order valence-electron chi connectivity index (χ3n) is 3.07.